The van der Waals surface area contributed by atoms with Gasteiger partial charge in [0, 0.05) is 27.8 Å². The number of hydrogen-bond acceptors (Lipinski definition) is 1. The molecule has 0 radical (unpaired) electrons. The predicted molar refractivity (Wildman–Crippen MR) is 311 cm³/mol. The van der Waals surface area contributed by atoms with E-state index in [-0.39, 0.29) is 10.8 Å². The molecule has 0 saturated heterocycles. The second-order valence-corrected chi connectivity index (χ2v) is 22.3. The molecular formula is C73H51N. The number of rotatable bonds is 4. The van der Waals surface area contributed by atoms with Crippen LogP contribution in [0.2, 0.25) is 0 Å². The van der Waals surface area contributed by atoms with Crippen molar-refractivity contribution in [3.05, 3.63) is 281 Å². The summed E-state index contributed by atoms with van der Waals surface area (Å²) in [5.74, 6) is 0. The molecule has 0 N–H and O–H groups in total. The van der Waals surface area contributed by atoms with Gasteiger partial charge >= 0.3 is 0 Å². The lowest BCUT2D eigenvalue weighted by Crippen LogP contribution is -2.26. The molecule has 4 aliphatic carbocycles. The molecule has 16 rings (SSSR count). The van der Waals surface area contributed by atoms with E-state index in [9.17, 15) is 0 Å². The first kappa shape index (κ1) is 41.8. The SMILES string of the molecule is CC1(C)c2ccccc2-c2cc(N(c3ccc4c5ccccc5c5ccccc5c4c3)c3cc4c(cc3-c3ccc5c(c3)C(C)(C)c3ccccc3-5)-c3ccccc3C43c4ccccc4-c4ccccc43)ccc21. The molecule has 0 bridgehead atoms. The molecule has 0 amide bonds. The van der Waals surface area contributed by atoms with E-state index in [0.29, 0.717) is 0 Å². The molecule has 0 aliphatic heterocycles. The number of anilines is 3. The standard InChI is InChI=1S/C73H51N/c1-71(2)63-29-15-10-26-55(63)60-41-46(35-38-64(60)71)74(45-34-37-51-49-21-6-5-19-47(49)48-20-7-8-22-50(48)59(51)40-45)70-43-69-61(42-58(70)44-33-36-57-52-23-9-14-28-62(52)72(3,4)68(57)39-44)56-27-13-18-32-67(56)73(69)65-30-16-11-24-53(65)54-25-12-17-31-66(54)73/h5-43H,1-4H3. The normalized spacial score (nSPS) is 15.1. The van der Waals surface area contributed by atoms with Gasteiger partial charge in [0.25, 0.3) is 0 Å². The summed E-state index contributed by atoms with van der Waals surface area (Å²) in [5, 5.41) is 7.59. The minimum Gasteiger partial charge on any atom is -0.310 e. The molecule has 1 heteroatoms. The highest BCUT2D eigenvalue weighted by molar-refractivity contribution is 6.26. The van der Waals surface area contributed by atoms with E-state index in [1.54, 1.807) is 0 Å². The van der Waals surface area contributed by atoms with Crippen LogP contribution in [0.15, 0.2) is 237 Å². The molecule has 0 unspecified atom stereocenters. The van der Waals surface area contributed by atoms with Gasteiger partial charge in [0.1, 0.15) is 0 Å². The Morgan fingerprint density at radius 3 is 1.22 bits per heavy atom. The Morgan fingerprint density at radius 1 is 0.243 bits per heavy atom. The maximum Gasteiger partial charge on any atom is 0.0726 e. The van der Waals surface area contributed by atoms with Crippen LogP contribution in [0.4, 0.5) is 17.1 Å². The van der Waals surface area contributed by atoms with Crippen LogP contribution in [0.1, 0.15) is 72.2 Å². The van der Waals surface area contributed by atoms with E-state index >= 15 is 0 Å². The highest BCUT2D eigenvalue weighted by Crippen LogP contribution is 2.65. The monoisotopic (exact) mass is 941 g/mol. The van der Waals surface area contributed by atoms with Crippen LogP contribution in [-0.4, -0.2) is 0 Å². The summed E-state index contributed by atoms with van der Waals surface area (Å²) < 4.78 is 0. The molecule has 74 heavy (non-hydrogen) atoms. The lowest BCUT2D eigenvalue weighted by Gasteiger charge is -2.34. The van der Waals surface area contributed by atoms with Gasteiger partial charge in [0.2, 0.25) is 0 Å². The van der Waals surface area contributed by atoms with E-state index in [0.717, 1.165) is 17.1 Å². The van der Waals surface area contributed by atoms with Gasteiger partial charge in [-0.15, -0.1) is 0 Å². The van der Waals surface area contributed by atoms with Crippen molar-refractivity contribution in [2.75, 3.05) is 4.90 Å². The van der Waals surface area contributed by atoms with Gasteiger partial charge in [0.05, 0.1) is 11.1 Å². The molecule has 0 saturated carbocycles. The van der Waals surface area contributed by atoms with Crippen LogP contribution < -0.4 is 4.90 Å². The molecule has 1 nitrogen and oxygen atoms in total. The first-order valence-corrected chi connectivity index (χ1v) is 26.3. The Labute approximate surface area is 432 Å². The minimum absolute atomic E-state index is 0.132. The van der Waals surface area contributed by atoms with Crippen LogP contribution in [0.3, 0.4) is 0 Å². The van der Waals surface area contributed by atoms with Gasteiger partial charge in [-0.05, 0) is 169 Å². The second-order valence-electron chi connectivity index (χ2n) is 22.3. The van der Waals surface area contributed by atoms with Crippen molar-refractivity contribution < 1.29 is 0 Å². The Balaban J connectivity index is 1.05. The summed E-state index contributed by atoms with van der Waals surface area (Å²) in [6.45, 7) is 9.57. The second kappa shape index (κ2) is 14.7. The summed E-state index contributed by atoms with van der Waals surface area (Å²) in [6.07, 6.45) is 0. The summed E-state index contributed by atoms with van der Waals surface area (Å²) in [6, 6.07) is 90.7. The third-order valence-corrected chi connectivity index (χ3v) is 18.1. The fourth-order valence-electron chi connectivity index (χ4n) is 14.7. The Bertz CT molecular complexity index is 4370. The number of hydrogen-bond donors (Lipinski definition) is 0. The highest BCUT2D eigenvalue weighted by Gasteiger charge is 2.52. The highest BCUT2D eigenvalue weighted by atomic mass is 15.1. The van der Waals surface area contributed by atoms with Crippen molar-refractivity contribution >= 4 is 49.4 Å². The van der Waals surface area contributed by atoms with Crippen LogP contribution in [0.25, 0.3) is 88.0 Å². The zero-order valence-electron chi connectivity index (χ0n) is 42.0. The van der Waals surface area contributed by atoms with Gasteiger partial charge in [-0.25, -0.2) is 0 Å². The Hall–Kier alpha value is -8.78. The average Bonchev–Trinajstić information content (AvgIpc) is 4.13. The van der Waals surface area contributed by atoms with Gasteiger partial charge in [-0.2, -0.15) is 0 Å². The molecule has 12 aromatic carbocycles. The predicted octanol–water partition coefficient (Wildman–Crippen LogP) is 19.2. The van der Waals surface area contributed by atoms with Crippen molar-refractivity contribution in [3.63, 3.8) is 0 Å². The maximum absolute atomic E-state index is 2.62. The fourth-order valence-corrected chi connectivity index (χ4v) is 14.7. The Kier molecular flexibility index (Phi) is 8.29. The lowest BCUT2D eigenvalue weighted by atomic mass is 9.70. The quantitative estimate of drug-likeness (QED) is 0.159. The lowest BCUT2D eigenvalue weighted by molar-refractivity contribution is 0.660. The molecule has 4 aliphatic rings. The first-order chi connectivity index (χ1) is 36.2. The van der Waals surface area contributed by atoms with Crippen LogP contribution >= 0.6 is 0 Å². The number of fused-ring (bicyclic) bond motifs is 22. The topological polar surface area (TPSA) is 3.24 Å². The van der Waals surface area contributed by atoms with Crippen LogP contribution in [0, 0.1) is 0 Å². The van der Waals surface area contributed by atoms with Crippen LogP contribution in [0.5, 0.6) is 0 Å². The van der Waals surface area contributed by atoms with Gasteiger partial charge in [0.15, 0.2) is 0 Å². The van der Waals surface area contributed by atoms with E-state index in [4.69, 9.17) is 0 Å². The van der Waals surface area contributed by atoms with E-state index in [1.165, 1.54) is 132 Å². The maximum atomic E-state index is 2.62. The van der Waals surface area contributed by atoms with Crippen molar-refractivity contribution in [1.29, 1.82) is 0 Å². The van der Waals surface area contributed by atoms with Crippen molar-refractivity contribution in [3.8, 4) is 55.6 Å². The average molecular weight is 942 g/mol. The van der Waals surface area contributed by atoms with Crippen molar-refractivity contribution in [2.24, 2.45) is 0 Å². The van der Waals surface area contributed by atoms with E-state index in [2.05, 4.69) is 269 Å². The number of benzene rings is 12. The van der Waals surface area contributed by atoms with Crippen molar-refractivity contribution in [2.45, 2.75) is 43.9 Å². The summed E-state index contributed by atoms with van der Waals surface area (Å²) in [7, 11) is 0. The minimum atomic E-state index is -0.529. The smallest absolute Gasteiger partial charge is 0.0726 e. The molecule has 348 valence electrons. The summed E-state index contributed by atoms with van der Waals surface area (Å²) in [4.78, 5) is 2.61. The first-order valence-electron chi connectivity index (χ1n) is 26.3. The summed E-state index contributed by atoms with van der Waals surface area (Å²) in [5.41, 5.74) is 26.3. The number of nitrogens with zero attached hydrogens (tertiary/aromatic N) is 1. The molecule has 0 aromatic heterocycles. The van der Waals surface area contributed by atoms with Gasteiger partial charge in [-0.3, -0.25) is 0 Å². The third-order valence-electron chi connectivity index (χ3n) is 18.1. The summed E-state index contributed by atoms with van der Waals surface area (Å²) >= 11 is 0. The zero-order chi connectivity index (χ0) is 49.2. The Morgan fingerprint density at radius 2 is 0.635 bits per heavy atom. The zero-order valence-corrected chi connectivity index (χ0v) is 42.0. The molecule has 0 atom stereocenters. The van der Waals surface area contributed by atoms with Crippen LogP contribution in [-0.2, 0) is 16.2 Å². The molecule has 0 heterocycles. The molecule has 0 fully saturated rings. The van der Waals surface area contributed by atoms with Gasteiger partial charge in [-0.1, -0.05) is 222 Å². The molecule has 12 aromatic rings. The fraction of sp³-hybridized carbons (Fsp3) is 0.0959. The van der Waals surface area contributed by atoms with Crippen molar-refractivity contribution in [1.82, 2.24) is 0 Å². The molecular weight excluding hydrogens is 891 g/mol. The third kappa shape index (κ3) is 5.28. The largest absolute Gasteiger partial charge is 0.310 e. The van der Waals surface area contributed by atoms with E-state index < -0.39 is 5.41 Å². The van der Waals surface area contributed by atoms with E-state index in [1.807, 2.05) is 0 Å². The molecule has 1 spiro atoms. The van der Waals surface area contributed by atoms with Gasteiger partial charge < -0.3 is 4.90 Å².